The molecule has 0 heterocycles. The van der Waals surface area contributed by atoms with Crippen molar-refractivity contribution in [2.24, 2.45) is 11.8 Å². The van der Waals surface area contributed by atoms with Gasteiger partial charge in [0.1, 0.15) is 0 Å². The van der Waals surface area contributed by atoms with Crippen LogP contribution in [0.5, 0.6) is 0 Å². The van der Waals surface area contributed by atoms with E-state index in [1.165, 1.54) is 127 Å². The van der Waals surface area contributed by atoms with Gasteiger partial charge >= 0.3 is 0 Å². The van der Waals surface area contributed by atoms with Crippen molar-refractivity contribution in [3.8, 4) is 0 Å². The Labute approximate surface area is 233 Å². The Morgan fingerprint density at radius 2 is 0.737 bits per heavy atom. The Balaban J connectivity index is 1.06. The van der Waals surface area contributed by atoms with Crippen LogP contribution in [0.25, 0.3) is 0 Å². The molecule has 0 aromatic heterocycles. The molecule has 0 atom stereocenters. The minimum atomic E-state index is 0.625. The molecular weight excluding hydrogens is 460 g/mol. The first-order valence-electron chi connectivity index (χ1n) is 16.5. The number of nitrogens with zero attached hydrogens (tertiary/aromatic N) is 2. The van der Waals surface area contributed by atoms with Gasteiger partial charge in [0.25, 0.3) is 0 Å². The lowest BCUT2D eigenvalue weighted by Gasteiger charge is -2.49. The first-order chi connectivity index (χ1) is 18.9. The molecule has 4 fully saturated rings. The number of para-hydroxylation sites is 2. The number of hydrogen-bond acceptors (Lipinski definition) is 2. The highest BCUT2D eigenvalue weighted by molar-refractivity contribution is 5.64. The van der Waals surface area contributed by atoms with E-state index in [2.05, 4.69) is 70.5 Å². The van der Waals surface area contributed by atoms with Crippen LogP contribution in [0.2, 0.25) is 0 Å². The minimum absolute atomic E-state index is 0.625. The summed E-state index contributed by atoms with van der Waals surface area (Å²) in [7, 11) is 0. The molecule has 0 bridgehead atoms. The van der Waals surface area contributed by atoms with E-state index in [4.69, 9.17) is 0 Å². The zero-order valence-electron chi connectivity index (χ0n) is 23.9. The monoisotopic (exact) mass is 512 g/mol. The molecule has 2 nitrogen and oxygen atoms in total. The van der Waals surface area contributed by atoms with Crippen LogP contribution in [0.15, 0.2) is 60.7 Å². The maximum atomic E-state index is 3.16. The number of hydrogen-bond donors (Lipinski definition) is 0. The van der Waals surface area contributed by atoms with E-state index in [9.17, 15) is 0 Å². The van der Waals surface area contributed by atoms with Crippen molar-refractivity contribution >= 4 is 11.4 Å². The van der Waals surface area contributed by atoms with Crippen molar-refractivity contribution in [1.82, 2.24) is 4.90 Å². The zero-order chi connectivity index (χ0) is 25.6. The number of anilines is 2. The molecule has 2 aromatic carbocycles. The Kier molecular flexibility index (Phi) is 9.06. The first kappa shape index (κ1) is 26.4. The molecule has 6 rings (SSSR count). The van der Waals surface area contributed by atoms with Crippen molar-refractivity contribution in [1.29, 1.82) is 0 Å². The fourth-order valence-corrected chi connectivity index (χ4v) is 9.10. The van der Waals surface area contributed by atoms with Gasteiger partial charge in [0, 0.05) is 35.5 Å². The summed E-state index contributed by atoms with van der Waals surface area (Å²) in [6.07, 6.45) is 26.3. The van der Waals surface area contributed by atoms with Gasteiger partial charge in [0.2, 0.25) is 0 Å². The molecule has 2 aromatic rings. The minimum Gasteiger partial charge on any atom is -0.338 e. The van der Waals surface area contributed by atoms with Crippen LogP contribution in [0.3, 0.4) is 0 Å². The Morgan fingerprint density at radius 3 is 1.16 bits per heavy atom. The molecule has 38 heavy (non-hydrogen) atoms. The average molecular weight is 513 g/mol. The average Bonchev–Trinajstić information content (AvgIpc) is 3.00. The van der Waals surface area contributed by atoms with E-state index < -0.39 is 0 Å². The lowest BCUT2D eigenvalue weighted by Crippen LogP contribution is -2.52. The van der Waals surface area contributed by atoms with Crippen molar-refractivity contribution in [2.45, 2.75) is 140 Å². The zero-order valence-corrected chi connectivity index (χ0v) is 23.9. The van der Waals surface area contributed by atoms with Crippen molar-refractivity contribution < 1.29 is 0 Å². The summed E-state index contributed by atoms with van der Waals surface area (Å²) in [6, 6.07) is 25.6. The van der Waals surface area contributed by atoms with Crippen molar-refractivity contribution in [3.63, 3.8) is 0 Å². The van der Waals surface area contributed by atoms with Gasteiger partial charge in [-0.1, -0.05) is 74.9 Å². The fraction of sp³-hybridized carbons (Fsp3) is 0.667. The molecule has 0 amide bonds. The lowest BCUT2D eigenvalue weighted by molar-refractivity contribution is 0.00878. The van der Waals surface area contributed by atoms with Crippen LogP contribution >= 0.6 is 0 Å². The third-order valence-corrected chi connectivity index (χ3v) is 11.0. The summed E-state index contributed by atoms with van der Waals surface area (Å²) < 4.78 is 0. The molecule has 0 N–H and O–H groups in total. The van der Waals surface area contributed by atoms with Gasteiger partial charge in [0.05, 0.1) is 0 Å². The maximum Gasteiger partial charge on any atom is 0.0413 e. The molecule has 4 aliphatic rings. The first-order valence-corrected chi connectivity index (χ1v) is 16.5. The molecule has 0 unspecified atom stereocenters. The molecule has 4 saturated carbocycles. The predicted octanol–water partition coefficient (Wildman–Crippen LogP) is 9.91. The van der Waals surface area contributed by atoms with Gasteiger partial charge in [-0.05, 0) is 113 Å². The molecule has 0 spiro atoms. The van der Waals surface area contributed by atoms with E-state index in [1.54, 1.807) is 0 Å². The summed E-state index contributed by atoms with van der Waals surface area (Å²) in [5, 5.41) is 0. The van der Waals surface area contributed by atoms with Crippen LogP contribution < -0.4 is 4.90 Å². The van der Waals surface area contributed by atoms with Gasteiger partial charge in [-0.25, -0.2) is 0 Å². The lowest BCUT2D eigenvalue weighted by atomic mass is 9.70. The van der Waals surface area contributed by atoms with E-state index in [0.29, 0.717) is 6.04 Å². The van der Waals surface area contributed by atoms with E-state index in [-0.39, 0.29) is 0 Å². The van der Waals surface area contributed by atoms with Gasteiger partial charge in [0.15, 0.2) is 0 Å². The summed E-state index contributed by atoms with van der Waals surface area (Å²) in [5.74, 6) is 1.94. The van der Waals surface area contributed by atoms with Gasteiger partial charge in [-0.15, -0.1) is 0 Å². The molecule has 206 valence electrons. The van der Waals surface area contributed by atoms with Gasteiger partial charge < -0.3 is 4.90 Å². The second-order valence-corrected chi connectivity index (χ2v) is 13.2. The fourth-order valence-electron chi connectivity index (χ4n) is 9.10. The Hall–Kier alpha value is -1.80. The topological polar surface area (TPSA) is 6.48 Å². The maximum absolute atomic E-state index is 3.16. The van der Waals surface area contributed by atoms with E-state index in [1.807, 2.05) is 0 Å². The van der Waals surface area contributed by atoms with Crippen molar-refractivity contribution in [2.75, 3.05) is 4.90 Å². The molecule has 4 aliphatic carbocycles. The van der Waals surface area contributed by atoms with Gasteiger partial charge in [-0.2, -0.15) is 0 Å². The quantitative estimate of drug-likeness (QED) is 0.364. The van der Waals surface area contributed by atoms with Crippen LogP contribution in [0.4, 0.5) is 11.4 Å². The van der Waals surface area contributed by atoms with Gasteiger partial charge in [-0.3, -0.25) is 4.90 Å². The van der Waals surface area contributed by atoms with Crippen molar-refractivity contribution in [3.05, 3.63) is 60.7 Å². The predicted molar refractivity (Wildman–Crippen MR) is 162 cm³/mol. The highest BCUT2D eigenvalue weighted by Gasteiger charge is 2.38. The summed E-state index contributed by atoms with van der Waals surface area (Å²) in [6.45, 7) is 0. The van der Waals surface area contributed by atoms with Crippen LogP contribution in [0, 0.1) is 11.8 Å². The highest BCUT2D eigenvalue weighted by Crippen LogP contribution is 2.44. The molecule has 0 saturated heterocycles. The number of rotatable bonds is 7. The summed E-state index contributed by atoms with van der Waals surface area (Å²) >= 11 is 0. The largest absolute Gasteiger partial charge is 0.338 e. The smallest absolute Gasteiger partial charge is 0.0413 e. The third kappa shape index (κ3) is 6.16. The normalized spacial score (nSPS) is 29.8. The SMILES string of the molecule is c1ccc(N(c2ccccc2)C2CCC(C3CCC(N(C4CCCCC4)C4CCCCC4)CC3)CC2)cc1. The third-order valence-electron chi connectivity index (χ3n) is 11.0. The van der Waals surface area contributed by atoms with E-state index >= 15 is 0 Å². The second kappa shape index (κ2) is 13.0. The Morgan fingerprint density at radius 1 is 0.368 bits per heavy atom. The van der Waals surface area contributed by atoms with Crippen LogP contribution in [0.1, 0.15) is 116 Å². The van der Waals surface area contributed by atoms with Crippen LogP contribution in [-0.4, -0.2) is 29.1 Å². The summed E-state index contributed by atoms with van der Waals surface area (Å²) in [5.41, 5.74) is 2.71. The second-order valence-electron chi connectivity index (χ2n) is 13.2. The summed E-state index contributed by atoms with van der Waals surface area (Å²) in [4.78, 5) is 5.79. The standard InChI is InChI=1S/C36H52N2/c1-5-13-31(14-6-1)37(32-15-7-2-8-16-32)35-25-21-29(22-26-35)30-23-27-36(28-24-30)38(33-17-9-3-10-18-33)34-19-11-4-12-20-34/h1-2,5-8,13-16,29-30,33-36H,3-4,9-12,17-28H2. The highest BCUT2D eigenvalue weighted by atomic mass is 15.2. The molecular formula is C36H52N2. The number of benzene rings is 2. The van der Waals surface area contributed by atoms with Crippen LogP contribution in [-0.2, 0) is 0 Å². The molecule has 0 aliphatic heterocycles. The molecule has 2 heteroatoms. The Bertz CT molecular complexity index is 872. The van der Waals surface area contributed by atoms with E-state index in [0.717, 1.165) is 30.0 Å². The molecule has 0 radical (unpaired) electrons.